The van der Waals surface area contributed by atoms with Crippen molar-refractivity contribution in [2.45, 2.75) is 13.3 Å². The van der Waals surface area contributed by atoms with Gasteiger partial charge in [-0.3, -0.25) is 0 Å². The van der Waals surface area contributed by atoms with E-state index in [-0.39, 0.29) is 0 Å². The molecule has 6 aromatic carbocycles. The Morgan fingerprint density at radius 2 is 1.34 bits per heavy atom. The van der Waals surface area contributed by atoms with Crippen molar-refractivity contribution >= 4 is 38.3 Å². The van der Waals surface area contributed by atoms with Crippen molar-refractivity contribution in [3.8, 4) is 51.0 Å². The first kappa shape index (κ1) is 29.8. The van der Waals surface area contributed by atoms with Crippen LogP contribution in [0, 0.1) is 5.92 Å². The molecular weight excluding hydrogens is 615 g/mol. The highest BCUT2D eigenvalue weighted by molar-refractivity contribution is 6.13. The minimum atomic E-state index is 0.505. The molecule has 8 aromatic rings. The smallest absolute Gasteiger partial charge is 0.167 e. The number of hydrogen-bond acceptors (Lipinski definition) is 5. The van der Waals surface area contributed by atoms with Crippen LogP contribution < -0.4 is 4.74 Å². The van der Waals surface area contributed by atoms with Gasteiger partial charge in [-0.25, -0.2) is 15.0 Å². The van der Waals surface area contributed by atoms with Gasteiger partial charge in [0.2, 0.25) is 0 Å². The van der Waals surface area contributed by atoms with Gasteiger partial charge in [-0.05, 0) is 70.1 Å². The molecule has 9 rings (SSSR count). The Morgan fingerprint density at radius 3 is 2.16 bits per heavy atom. The average molecular weight is 648 g/mol. The van der Waals surface area contributed by atoms with Gasteiger partial charge in [0, 0.05) is 27.5 Å². The summed E-state index contributed by atoms with van der Waals surface area (Å²) in [5, 5.41) is 4.27. The van der Waals surface area contributed by atoms with E-state index in [1.54, 1.807) is 7.11 Å². The highest BCUT2D eigenvalue weighted by atomic mass is 16.5. The molecule has 5 heteroatoms. The van der Waals surface area contributed by atoms with Crippen LogP contribution in [-0.4, -0.2) is 22.1 Å². The lowest BCUT2D eigenvalue weighted by Crippen LogP contribution is -2.03. The Labute approximate surface area is 290 Å². The average Bonchev–Trinajstić information content (AvgIpc) is 3.56. The van der Waals surface area contributed by atoms with Crippen LogP contribution in [0.4, 0.5) is 0 Å². The van der Waals surface area contributed by atoms with Crippen LogP contribution >= 0.6 is 0 Å². The van der Waals surface area contributed by atoms with E-state index >= 15 is 0 Å². The summed E-state index contributed by atoms with van der Waals surface area (Å²) in [6.07, 6.45) is 7.76. The number of rotatable bonds is 6. The van der Waals surface area contributed by atoms with Crippen LogP contribution in [0.15, 0.2) is 150 Å². The van der Waals surface area contributed by atoms with Crippen molar-refractivity contribution in [3.05, 3.63) is 151 Å². The molecule has 240 valence electrons. The second-order valence-electron chi connectivity index (χ2n) is 12.8. The van der Waals surface area contributed by atoms with Crippen molar-refractivity contribution in [3.63, 3.8) is 0 Å². The Hall–Kier alpha value is -6.33. The van der Waals surface area contributed by atoms with Gasteiger partial charge < -0.3 is 9.15 Å². The molecule has 2 heterocycles. The van der Waals surface area contributed by atoms with Crippen molar-refractivity contribution in [2.75, 3.05) is 7.11 Å². The predicted molar refractivity (Wildman–Crippen MR) is 204 cm³/mol. The maximum atomic E-state index is 6.50. The number of furan rings is 1. The molecule has 5 nitrogen and oxygen atoms in total. The summed E-state index contributed by atoms with van der Waals surface area (Å²) < 4.78 is 12.6. The first-order valence-corrected chi connectivity index (χ1v) is 17.0. The van der Waals surface area contributed by atoms with E-state index in [2.05, 4.69) is 104 Å². The van der Waals surface area contributed by atoms with Crippen LogP contribution in [0.1, 0.15) is 18.9 Å². The SMILES string of the molecule is COc1c(-c2ccccc2)cccc1-c1nc(-c2ccc3ccccc3c2)nc(-c2cc(C3=CCC(C)C=C3)cc3oc4ccccc4c23)n1. The Kier molecular flexibility index (Phi) is 7.32. The van der Waals surface area contributed by atoms with Gasteiger partial charge >= 0.3 is 0 Å². The molecule has 50 heavy (non-hydrogen) atoms. The lowest BCUT2D eigenvalue weighted by Gasteiger charge is -2.16. The molecule has 0 N–H and O–H groups in total. The van der Waals surface area contributed by atoms with E-state index in [1.165, 1.54) is 0 Å². The lowest BCUT2D eigenvalue weighted by atomic mass is 9.92. The lowest BCUT2D eigenvalue weighted by molar-refractivity contribution is 0.418. The van der Waals surface area contributed by atoms with Crippen molar-refractivity contribution in [2.24, 2.45) is 5.92 Å². The quantitative estimate of drug-likeness (QED) is 0.180. The highest BCUT2D eigenvalue weighted by Gasteiger charge is 2.22. The topological polar surface area (TPSA) is 61.0 Å². The molecular formula is C45H33N3O2. The Morgan fingerprint density at radius 1 is 0.600 bits per heavy atom. The first-order valence-electron chi connectivity index (χ1n) is 17.0. The van der Waals surface area contributed by atoms with Crippen molar-refractivity contribution < 1.29 is 9.15 Å². The van der Waals surface area contributed by atoms with Crippen LogP contribution in [0.25, 0.3) is 83.6 Å². The molecule has 0 bridgehead atoms. The molecule has 1 atom stereocenters. The number of nitrogens with zero attached hydrogens (tertiary/aromatic N) is 3. The number of ether oxygens (including phenoxy) is 1. The normalized spacial score (nSPS) is 14.4. The van der Waals surface area contributed by atoms with Crippen LogP contribution in [0.5, 0.6) is 5.75 Å². The summed E-state index contributed by atoms with van der Waals surface area (Å²) >= 11 is 0. The fourth-order valence-electron chi connectivity index (χ4n) is 6.99. The van der Waals surface area contributed by atoms with Crippen LogP contribution in [0.3, 0.4) is 0 Å². The Balaban J connectivity index is 1.33. The molecule has 0 radical (unpaired) electrons. The fourth-order valence-corrected chi connectivity index (χ4v) is 6.99. The molecule has 0 spiro atoms. The van der Waals surface area contributed by atoms with E-state index in [1.807, 2.05) is 48.5 Å². The third-order valence-electron chi connectivity index (χ3n) is 9.55. The molecule has 0 fully saturated rings. The standard InChI is InChI=1S/C45H33N3O2/c1-28-19-21-30(22-20-28)34-26-38(41-36-15-8-9-18-39(36)50-40(41)27-34)45-47-43(33-24-23-29-11-6-7-14-32(29)25-33)46-44(48-45)37-17-10-16-35(42(37)49-2)31-12-4-3-5-13-31/h3-19,21-28H,20H2,1-2H3. The number of para-hydroxylation sites is 2. The number of benzene rings is 6. The summed E-state index contributed by atoms with van der Waals surface area (Å²) in [5.41, 5.74) is 8.44. The predicted octanol–water partition coefficient (Wildman–Crippen LogP) is 11.6. The van der Waals surface area contributed by atoms with Crippen LogP contribution in [0.2, 0.25) is 0 Å². The fraction of sp³-hybridized carbons (Fsp3) is 0.0889. The number of hydrogen-bond donors (Lipinski definition) is 0. The van der Waals surface area contributed by atoms with Gasteiger partial charge in [0.15, 0.2) is 17.5 Å². The van der Waals surface area contributed by atoms with Gasteiger partial charge in [-0.1, -0.05) is 122 Å². The third kappa shape index (κ3) is 5.24. The monoisotopic (exact) mass is 647 g/mol. The maximum Gasteiger partial charge on any atom is 0.167 e. The maximum absolute atomic E-state index is 6.50. The largest absolute Gasteiger partial charge is 0.495 e. The highest BCUT2D eigenvalue weighted by Crippen LogP contribution is 2.42. The van der Waals surface area contributed by atoms with E-state index in [4.69, 9.17) is 24.1 Å². The number of methoxy groups -OCH3 is 1. The number of aromatic nitrogens is 3. The summed E-state index contributed by atoms with van der Waals surface area (Å²) in [5.74, 6) is 2.90. The van der Waals surface area contributed by atoms with Gasteiger partial charge in [-0.15, -0.1) is 0 Å². The minimum absolute atomic E-state index is 0.505. The molecule has 1 unspecified atom stereocenters. The van der Waals surface area contributed by atoms with E-state index in [9.17, 15) is 0 Å². The van der Waals surface area contributed by atoms with Gasteiger partial charge in [0.1, 0.15) is 16.9 Å². The number of fused-ring (bicyclic) bond motifs is 4. The van der Waals surface area contributed by atoms with E-state index in [0.717, 1.165) is 78.1 Å². The van der Waals surface area contributed by atoms with Gasteiger partial charge in [0.25, 0.3) is 0 Å². The summed E-state index contributed by atoms with van der Waals surface area (Å²) in [6, 6.07) is 43.6. The second-order valence-corrected chi connectivity index (χ2v) is 12.8. The molecule has 0 amide bonds. The van der Waals surface area contributed by atoms with Crippen LogP contribution in [-0.2, 0) is 0 Å². The molecule has 1 aliphatic carbocycles. The molecule has 0 aliphatic heterocycles. The van der Waals surface area contributed by atoms with Crippen molar-refractivity contribution in [1.82, 2.24) is 15.0 Å². The zero-order chi connectivity index (χ0) is 33.6. The summed E-state index contributed by atoms with van der Waals surface area (Å²) in [6.45, 7) is 2.24. The number of allylic oxidation sites excluding steroid dienone is 4. The summed E-state index contributed by atoms with van der Waals surface area (Å²) in [4.78, 5) is 15.6. The molecule has 0 saturated heterocycles. The minimum Gasteiger partial charge on any atom is -0.495 e. The first-order chi connectivity index (χ1) is 24.6. The molecule has 1 aliphatic rings. The van der Waals surface area contributed by atoms with Gasteiger partial charge in [-0.2, -0.15) is 0 Å². The van der Waals surface area contributed by atoms with Gasteiger partial charge in [0.05, 0.1) is 12.7 Å². The zero-order valence-electron chi connectivity index (χ0n) is 27.8. The van der Waals surface area contributed by atoms with E-state index < -0.39 is 0 Å². The Bertz CT molecular complexity index is 2630. The third-order valence-corrected chi connectivity index (χ3v) is 9.55. The van der Waals surface area contributed by atoms with Crippen molar-refractivity contribution in [1.29, 1.82) is 0 Å². The molecule has 0 saturated carbocycles. The molecule has 2 aromatic heterocycles. The summed E-state index contributed by atoms with van der Waals surface area (Å²) in [7, 11) is 1.70. The second kappa shape index (κ2) is 12.3. The zero-order valence-corrected chi connectivity index (χ0v) is 27.8. The van der Waals surface area contributed by atoms with E-state index in [0.29, 0.717) is 29.1 Å².